The number of hydrazone groups is 1. The average molecular weight is 356 g/mol. The lowest BCUT2D eigenvalue weighted by molar-refractivity contribution is 0.0950. The first-order valence-electron chi connectivity index (χ1n) is 8.37. The van der Waals surface area contributed by atoms with Crippen molar-refractivity contribution >= 4 is 22.9 Å². The van der Waals surface area contributed by atoms with Crippen molar-refractivity contribution in [3.05, 3.63) is 84.1 Å². The molecule has 0 saturated heterocycles. The number of carbonyl (C=O) groups excluding carboxylic acids is 1. The fraction of sp³-hybridized carbons (Fsp3) is 0. The van der Waals surface area contributed by atoms with Crippen LogP contribution in [0.5, 0.6) is 5.75 Å². The highest BCUT2D eigenvalue weighted by Crippen LogP contribution is 2.27. The Hall–Kier alpha value is -3.93. The van der Waals surface area contributed by atoms with Crippen LogP contribution in [0.1, 0.15) is 16.1 Å². The summed E-state index contributed by atoms with van der Waals surface area (Å²) in [5.74, 6) is -0.260. The third-order valence-electron chi connectivity index (χ3n) is 4.14. The highest BCUT2D eigenvalue weighted by molar-refractivity contribution is 5.98. The molecule has 0 aliphatic carbocycles. The Balaban J connectivity index is 1.53. The second-order valence-corrected chi connectivity index (χ2v) is 5.99. The molecule has 0 spiro atoms. The summed E-state index contributed by atoms with van der Waals surface area (Å²) >= 11 is 0. The maximum Gasteiger partial charge on any atom is 0.289 e. The lowest BCUT2D eigenvalue weighted by atomic mass is 10.0. The van der Waals surface area contributed by atoms with Gasteiger partial charge in [0, 0.05) is 5.56 Å². The molecule has 6 heteroatoms. The predicted molar refractivity (Wildman–Crippen MR) is 105 cm³/mol. The number of rotatable bonds is 4. The number of carbonyl (C=O) groups is 1. The smallest absolute Gasteiger partial charge is 0.289 e. The highest BCUT2D eigenvalue weighted by atomic mass is 16.3. The van der Waals surface area contributed by atoms with Gasteiger partial charge in [-0.3, -0.25) is 9.89 Å². The molecule has 27 heavy (non-hydrogen) atoms. The molecule has 0 fully saturated rings. The van der Waals surface area contributed by atoms with Crippen LogP contribution >= 0.6 is 0 Å². The van der Waals surface area contributed by atoms with Crippen molar-refractivity contribution in [2.75, 3.05) is 0 Å². The van der Waals surface area contributed by atoms with E-state index in [2.05, 4.69) is 20.7 Å². The largest absolute Gasteiger partial charge is 0.508 e. The minimum Gasteiger partial charge on any atom is -0.508 e. The van der Waals surface area contributed by atoms with Gasteiger partial charge in [-0.1, -0.05) is 54.6 Å². The van der Waals surface area contributed by atoms with Gasteiger partial charge in [-0.25, -0.2) is 5.43 Å². The number of H-pyrrole nitrogens is 1. The number of hydrogen-bond acceptors (Lipinski definition) is 4. The number of nitrogens with one attached hydrogen (secondary N) is 2. The summed E-state index contributed by atoms with van der Waals surface area (Å²) in [6.45, 7) is 0. The summed E-state index contributed by atoms with van der Waals surface area (Å²) in [5, 5.41) is 22.5. The van der Waals surface area contributed by atoms with Gasteiger partial charge in [-0.2, -0.15) is 10.2 Å². The zero-order valence-electron chi connectivity index (χ0n) is 14.3. The van der Waals surface area contributed by atoms with Gasteiger partial charge >= 0.3 is 0 Å². The van der Waals surface area contributed by atoms with E-state index in [1.54, 1.807) is 30.3 Å². The van der Waals surface area contributed by atoms with Gasteiger partial charge in [0.2, 0.25) is 0 Å². The Kier molecular flexibility index (Phi) is 4.37. The molecule has 0 saturated carbocycles. The first kappa shape index (κ1) is 16.5. The standard InChI is InChI=1S/C21H16N4O2/c26-16-8-3-5-14(11-16)13-22-25-21(27)20-12-19(23-24-20)18-10-4-7-15-6-1-2-9-17(15)18/h1-13,26H,(H,23,24)(H,25,27)/b22-13-. The lowest BCUT2D eigenvalue weighted by Crippen LogP contribution is -2.17. The highest BCUT2D eigenvalue weighted by Gasteiger charge is 2.12. The number of phenols is 1. The second-order valence-electron chi connectivity index (χ2n) is 5.99. The number of amides is 1. The van der Waals surface area contributed by atoms with E-state index in [1.807, 2.05) is 42.5 Å². The number of fused-ring (bicyclic) bond motifs is 1. The molecule has 132 valence electrons. The SMILES string of the molecule is O=C(N/N=C\c1cccc(O)c1)c1cc(-c2cccc3ccccc23)n[nH]1. The molecule has 0 bridgehead atoms. The molecule has 6 nitrogen and oxygen atoms in total. The van der Waals surface area contributed by atoms with Gasteiger partial charge in [0.25, 0.3) is 5.91 Å². The van der Waals surface area contributed by atoms with E-state index >= 15 is 0 Å². The Labute approximate surface area is 155 Å². The third kappa shape index (κ3) is 3.55. The van der Waals surface area contributed by atoms with Crippen LogP contribution in [-0.2, 0) is 0 Å². The molecular weight excluding hydrogens is 340 g/mol. The van der Waals surface area contributed by atoms with Crippen LogP contribution in [0, 0.1) is 0 Å². The molecule has 4 aromatic rings. The van der Waals surface area contributed by atoms with Gasteiger partial charge in [0.05, 0.1) is 11.9 Å². The Morgan fingerprint density at radius 2 is 1.85 bits per heavy atom. The van der Waals surface area contributed by atoms with E-state index in [9.17, 15) is 9.90 Å². The minimum atomic E-state index is -0.398. The van der Waals surface area contributed by atoms with Crippen molar-refractivity contribution < 1.29 is 9.90 Å². The van der Waals surface area contributed by atoms with Crippen LogP contribution in [0.15, 0.2) is 77.9 Å². The molecule has 1 amide bonds. The first-order chi connectivity index (χ1) is 13.2. The van der Waals surface area contributed by atoms with Crippen molar-refractivity contribution in [1.29, 1.82) is 0 Å². The molecule has 0 aliphatic heterocycles. The maximum atomic E-state index is 12.3. The molecule has 0 aliphatic rings. The molecule has 4 rings (SSSR count). The molecule has 1 heterocycles. The fourth-order valence-corrected chi connectivity index (χ4v) is 2.86. The summed E-state index contributed by atoms with van der Waals surface area (Å²) in [6, 6.07) is 22.3. The van der Waals surface area contributed by atoms with Crippen LogP contribution in [-0.4, -0.2) is 27.4 Å². The molecule has 3 N–H and O–H groups in total. The summed E-state index contributed by atoms with van der Waals surface area (Å²) in [4.78, 5) is 12.3. The van der Waals surface area contributed by atoms with Crippen molar-refractivity contribution in [2.45, 2.75) is 0 Å². The van der Waals surface area contributed by atoms with Crippen LogP contribution in [0.2, 0.25) is 0 Å². The summed E-state index contributed by atoms with van der Waals surface area (Å²) in [5.41, 5.74) is 5.07. The Morgan fingerprint density at radius 3 is 2.74 bits per heavy atom. The Morgan fingerprint density at radius 1 is 1.04 bits per heavy atom. The van der Waals surface area contributed by atoms with Crippen molar-refractivity contribution in [3.63, 3.8) is 0 Å². The maximum absolute atomic E-state index is 12.3. The van der Waals surface area contributed by atoms with Crippen LogP contribution in [0.4, 0.5) is 0 Å². The summed E-state index contributed by atoms with van der Waals surface area (Å²) < 4.78 is 0. The normalized spacial score (nSPS) is 11.1. The zero-order chi connectivity index (χ0) is 18.6. The van der Waals surface area contributed by atoms with Gasteiger partial charge in [-0.05, 0) is 34.5 Å². The van der Waals surface area contributed by atoms with E-state index < -0.39 is 5.91 Å². The van der Waals surface area contributed by atoms with Crippen LogP contribution < -0.4 is 5.43 Å². The van der Waals surface area contributed by atoms with E-state index in [4.69, 9.17) is 0 Å². The quantitative estimate of drug-likeness (QED) is 0.385. The molecular formula is C21H16N4O2. The number of phenolic OH excluding ortho intramolecular Hbond substituents is 1. The van der Waals surface area contributed by atoms with E-state index in [1.165, 1.54) is 6.21 Å². The third-order valence-corrected chi connectivity index (χ3v) is 4.14. The first-order valence-corrected chi connectivity index (χ1v) is 8.37. The molecule has 0 atom stereocenters. The molecule has 1 aromatic heterocycles. The van der Waals surface area contributed by atoms with Gasteiger partial charge < -0.3 is 5.11 Å². The number of hydrogen-bond donors (Lipinski definition) is 3. The lowest BCUT2D eigenvalue weighted by Gasteiger charge is -2.02. The van der Waals surface area contributed by atoms with Gasteiger partial charge in [-0.15, -0.1) is 0 Å². The Bertz CT molecular complexity index is 1140. The summed E-state index contributed by atoms with van der Waals surface area (Å²) in [7, 11) is 0. The average Bonchev–Trinajstić information content (AvgIpc) is 3.18. The second kappa shape index (κ2) is 7.13. The molecule has 0 unspecified atom stereocenters. The van der Waals surface area contributed by atoms with E-state index in [-0.39, 0.29) is 5.75 Å². The van der Waals surface area contributed by atoms with E-state index in [0.717, 1.165) is 16.3 Å². The van der Waals surface area contributed by atoms with Crippen LogP contribution in [0.25, 0.3) is 22.0 Å². The fourth-order valence-electron chi connectivity index (χ4n) is 2.86. The van der Waals surface area contributed by atoms with Gasteiger partial charge in [0.15, 0.2) is 0 Å². The molecule has 0 radical (unpaired) electrons. The van der Waals surface area contributed by atoms with Crippen molar-refractivity contribution in [2.24, 2.45) is 5.10 Å². The zero-order valence-corrected chi connectivity index (χ0v) is 14.3. The van der Waals surface area contributed by atoms with Crippen molar-refractivity contribution in [3.8, 4) is 17.0 Å². The topological polar surface area (TPSA) is 90.4 Å². The molecule has 3 aromatic carbocycles. The number of aromatic amines is 1. The minimum absolute atomic E-state index is 0.138. The monoisotopic (exact) mass is 356 g/mol. The van der Waals surface area contributed by atoms with Crippen LogP contribution in [0.3, 0.4) is 0 Å². The van der Waals surface area contributed by atoms with Crippen molar-refractivity contribution in [1.82, 2.24) is 15.6 Å². The predicted octanol–water partition coefficient (Wildman–Crippen LogP) is 3.70. The number of nitrogens with zero attached hydrogens (tertiary/aromatic N) is 2. The van der Waals surface area contributed by atoms with Gasteiger partial charge in [0.1, 0.15) is 11.4 Å². The number of aromatic nitrogens is 2. The number of aromatic hydroxyl groups is 1. The summed E-state index contributed by atoms with van der Waals surface area (Å²) in [6.07, 6.45) is 1.46. The van der Waals surface area contributed by atoms with E-state index in [0.29, 0.717) is 17.0 Å². The number of benzene rings is 3.